The van der Waals surface area contributed by atoms with Crippen LogP contribution in [0.5, 0.6) is 0 Å². The minimum absolute atomic E-state index is 0.0443. The van der Waals surface area contributed by atoms with Crippen LogP contribution in [0.15, 0.2) is 0 Å². The standard InChI is InChI=1S/C9H19NO4S/c1-6(2)7(3-11)10-8-4-15(13,14)5-9(8)12/h6-12H,3-5H2,1-2H3/t7-,8?,9?/m1/s1. The van der Waals surface area contributed by atoms with Crippen LogP contribution in [0.1, 0.15) is 13.8 Å². The van der Waals surface area contributed by atoms with Crippen molar-refractivity contribution >= 4 is 9.84 Å². The maximum absolute atomic E-state index is 11.2. The van der Waals surface area contributed by atoms with Gasteiger partial charge >= 0.3 is 0 Å². The van der Waals surface area contributed by atoms with Crippen LogP contribution in [0, 0.1) is 5.92 Å². The van der Waals surface area contributed by atoms with Gasteiger partial charge in [0.15, 0.2) is 9.84 Å². The van der Waals surface area contributed by atoms with Crippen LogP contribution in [0.3, 0.4) is 0 Å². The summed E-state index contributed by atoms with van der Waals surface area (Å²) in [4.78, 5) is 0. The molecule has 0 amide bonds. The second-order valence-electron chi connectivity index (χ2n) is 4.45. The zero-order valence-corrected chi connectivity index (χ0v) is 9.87. The van der Waals surface area contributed by atoms with Crippen molar-refractivity contribution in [2.24, 2.45) is 5.92 Å². The van der Waals surface area contributed by atoms with Crippen molar-refractivity contribution in [1.82, 2.24) is 5.32 Å². The normalized spacial score (nSPS) is 32.1. The number of rotatable bonds is 4. The van der Waals surface area contributed by atoms with E-state index in [-0.39, 0.29) is 30.1 Å². The van der Waals surface area contributed by atoms with E-state index in [2.05, 4.69) is 5.32 Å². The van der Waals surface area contributed by atoms with Gasteiger partial charge in [-0.1, -0.05) is 13.8 Å². The van der Waals surface area contributed by atoms with E-state index in [0.717, 1.165) is 0 Å². The van der Waals surface area contributed by atoms with Gasteiger partial charge in [0, 0.05) is 12.1 Å². The molecule has 3 atom stereocenters. The molecule has 0 saturated carbocycles. The SMILES string of the molecule is CC(C)[C@@H](CO)NC1CS(=O)(=O)CC1O. The van der Waals surface area contributed by atoms with Gasteiger partial charge in [-0.3, -0.25) is 0 Å². The Balaban J connectivity index is 2.59. The predicted octanol–water partition coefficient (Wildman–Crippen LogP) is -1.25. The van der Waals surface area contributed by atoms with Gasteiger partial charge in [-0.15, -0.1) is 0 Å². The molecule has 0 aromatic rings. The van der Waals surface area contributed by atoms with E-state index in [0.29, 0.717) is 0 Å². The van der Waals surface area contributed by atoms with Crippen molar-refractivity contribution in [2.75, 3.05) is 18.1 Å². The molecule has 2 unspecified atom stereocenters. The maximum Gasteiger partial charge on any atom is 0.154 e. The third-order valence-corrected chi connectivity index (χ3v) is 4.47. The summed E-state index contributed by atoms with van der Waals surface area (Å²) in [5.74, 6) is -0.0244. The molecule has 90 valence electrons. The first-order valence-electron chi connectivity index (χ1n) is 5.11. The molecule has 1 aliphatic rings. The summed E-state index contributed by atoms with van der Waals surface area (Å²) in [6.45, 7) is 3.81. The molecular formula is C9H19NO4S. The van der Waals surface area contributed by atoms with Gasteiger partial charge in [0.2, 0.25) is 0 Å². The summed E-state index contributed by atoms with van der Waals surface area (Å²) in [5.41, 5.74) is 0. The lowest BCUT2D eigenvalue weighted by Gasteiger charge is -2.25. The van der Waals surface area contributed by atoms with E-state index in [1.54, 1.807) is 0 Å². The van der Waals surface area contributed by atoms with Crippen molar-refractivity contribution in [3.63, 3.8) is 0 Å². The molecule has 1 fully saturated rings. The Hall–Kier alpha value is -0.170. The number of nitrogens with one attached hydrogen (secondary N) is 1. The van der Waals surface area contributed by atoms with Crippen molar-refractivity contribution in [1.29, 1.82) is 0 Å². The Morgan fingerprint density at radius 3 is 2.33 bits per heavy atom. The maximum atomic E-state index is 11.2. The lowest BCUT2D eigenvalue weighted by Crippen LogP contribution is -2.48. The number of aliphatic hydroxyl groups is 2. The first-order chi connectivity index (χ1) is 6.85. The average Bonchev–Trinajstić information content (AvgIpc) is 2.34. The summed E-state index contributed by atoms with van der Waals surface area (Å²) < 4.78 is 22.5. The van der Waals surface area contributed by atoms with E-state index in [1.165, 1.54) is 0 Å². The molecule has 0 spiro atoms. The molecular weight excluding hydrogens is 218 g/mol. The highest BCUT2D eigenvalue weighted by molar-refractivity contribution is 7.91. The average molecular weight is 237 g/mol. The van der Waals surface area contributed by atoms with Crippen LogP contribution >= 0.6 is 0 Å². The molecule has 0 aromatic heterocycles. The van der Waals surface area contributed by atoms with E-state index in [1.807, 2.05) is 13.8 Å². The Morgan fingerprint density at radius 2 is 2.00 bits per heavy atom. The fourth-order valence-corrected chi connectivity index (χ4v) is 3.47. The van der Waals surface area contributed by atoms with Gasteiger partial charge in [0.1, 0.15) is 0 Å². The molecule has 0 aliphatic carbocycles. The van der Waals surface area contributed by atoms with Crippen molar-refractivity contribution < 1.29 is 18.6 Å². The van der Waals surface area contributed by atoms with Gasteiger partial charge in [0.05, 0.1) is 24.2 Å². The lowest BCUT2D eigenvalue weighted by atomic mass is 10.0. The molecule has 0 radical (unpaired) electrons. The van der Waals surface area contributed by atoms with Gasteiger partial charge in [0.25, 0.3) is 0 Å². The van der Waals surface area contributed by atoms with Crippen LogP contribution < -0.4 is 5.32 Å². The van der Waals surface area contributed by atoms with Gasteiger partial charge in [-0.25, -0.2) is 8.42 Å². The lowest BCUT2D eigenvalue weighted by molar-refractivity contribution is 0.134. The second-order valence-corrected chi connectivity index (χ2v) is 6.60. The van der Waals surface area contributed by atoms with Crippen LogP contribution in [0.4, 0.5) is 0 Å². The van der Waals surface area contributed by atoms with Crippen LogP contribution in [-0.2, 0) is 9.84 Å². The van der Waals surface area contributed by atoms with Crippen molar-refractivity contribution in [3.8, 4) is 0 Å². The number of sulfone groups is 1. The third-order valence-electron chi connectivity index (χ3n) is 2.75. The fourth-order valence-electron chi connectivity index (χ4n) is 1.72. The van der Waals surface area contributed by atoms with Crippen molar-refractivity contribution in [2.45, 2.75) is 32.0 Å². The highest BCUT2D eigenvalue weighted by Crippen LogP contribution is 2.14. The summed E-state index contributed by atoms with van der Waals surface area (Å²) in [5, 5.41) is 21.6. The largest absolute Gasteiger partial charge is 0.395 e. The van der Waals surface area contributed by atoms with Gasteiger partial charge in [-0.2, -0.15) is 0 Å². The zero-order chi connectivity index (χ0) is 11.6. The first kappa shape index (κ1) is 12.9. The minimum Gasteiger partial charge on any atom is -0.395 e. The Kier molecular flexibility index (Phi) is 4.11. The van der Waals surface area contributed by atoms with E-state index < -0.39 is 22.0 Å². The molecule has 1 rings (SSSR count). The summed E-state index contributed by atoms with van der Waals surface area (Å²) in [6, 6.07) is -0.618. The summed E-state index contributed by atoms with van der Waals surface area (Å²) >= 11 is 0. The third kappa shape index (κ3) is 3.41. The van der Waals surface area contributed by atoms with Gasteiger partial charge < -0.3 is 15.5 Å². The molecule has 1 aliphatic heterocycles. The Bertz CT molecular complexity index is 301. The molecule has 0 bridgehead atoms. The minimum atomic E-state index is -3.12. The molecule has 1 saturated heterocycles. The van der Waals surface area contributed by atoms with Crippen LogP contribution in [-0.4, -0.2) is 54.9 Å². The highest BCUT2D eigenvalue weighted by Gasteiger charge is 2.37. The molecule has 5 nitrogen and oxygen atoms in total. The molecule has 3 N–H and O–H groups in total. The summed E-state index contributed by atoms with van der Waals surface area (Å²) in [6.07, 6.45) is -0.859. The van der Waals surface area contributed by atoms with Gasteiger partial charge in [-0.05, 0) is 5.92 Å². The summed E-state index contributed by atoms with van der Waals surface area (Å²) in [7, 11) is -3.12. The first-order valence-corrected chi connectivity index (χ1v) is 6.93. The topological polar surface area (TPSA) is 86.6 Å². The van der Waals surface area contributed by atoms with E-state index in [4.69, 9.17) is 5.11 Å². The quantitative estimate of drug-likeness (QED) is 0.569. The highest BCUT2D eigenvalue weighted by atomic mass is 32.2. The monoisotopic (exact) mass is 237 g/mol. The molecule has 1 heterocycles. The van der Waals surface area contributed by atoms with E-state index >= 15 is 0 Å². The van der Waals surface area contributed by atoms with Crippen LogP contribution in [0.25, 0.3) is 0 Å². The fraction of sp³-hybridized carbons (Fsp3) is 1.00. The number of hydrogen-bond donors (Lipinski definition) is 3. The van der Waals surface area contributed by atoms with Crippen molar-refractivity contribution in [3.05, 3.63) is 0 Å². The Labute approximate surface area is 90.4 Å². The molecule has 6 heteroatoms. The second kappa shape index (κ2) is 4.78. The number of hydrogen-bond acceptors (Lipinski definition) is 5. The molecule has 0 aromatic carbocycles. The smallest absolute Gasteiger partial charge is 0.154 e. The Morgan fingerprint density at radius 1 is 1.40 bits per heavy atom. The van der Waals surface area contributed by atoms with E-state index in [9.17, 15) is 13.5 Å². The predicted molar refractivity (Wildman–Crippen MR) is 57.3 cm³/mol. The number of aliphatic hydroxyl groups excluding tert-OH is 2. The zero-order valence-electron chi connectivity index (χ0n) is 9.05. The van der Waals surface area contributed by atoms with Crippen LogP contribution in [0.2, 0.25) is 0 Å². The molecule has 15 heavy (non-hydrogen) atoms.